The predicted octanol–water partition coefficient (Wildman–Crippen LogP) is 2.34. The van der Waals surface area contributed by atoms with E-state index in [1.165, 1.54) is 24.3 Å². The molecule has 0 aliphatic carbocycles. The van der Waals surface area contributed by atoms with Crippen molar-refractivity contribution >= 4 is 23.3 Å². The molecule has 0 saturated carbocycles. The van der Waals surface area contributed by atoms with Crippen molar-refractivity contribution < 1.29 is 14.5 Å². The zero-order valence-corrected chi connectivity index (χ0v) is 13.1. The fourth-order valence-corrected chi connectivity index (χ4v) is 2.17. The van der Waals surface area contributed by atoms with Crippen LogP contribution in [0.5, 0.6) is 5.75 Å². The van der Waals surface area contributed by atoms with Crippen LogP contribution in [0.1, 0.15) is 21.5 Å². The third-order valence-corrected chi connectivity index (χ3v) is 3.21. The SMILES string of the molecule is Cc1cc([N+](=O)[O-])cc(C)c1OC(=O)c1ccc(N=C(N)N)cc1. The lowest BCUT2D eigenvalue weighted by atomic mass is 10.1. The molecule has 24 heavy (non-hydrogen) atoms. The lowest BCUT2D eigenvalue weighted by molar-refractivity contribution is -0.385. The van der Waals surface area contributed by atoms with E-state index in [1.54, 1.807) is 26.0 Å². The van der Waals surface area contributed by atoms with E-state index in [0.29, 0.717) is 28.1 Å². The first-order valence-electron chi connectivity index (χ1n) is 6.95. The number of guanidine groups is 1. The number of rotatable bonds is 4. The maximum atomic E-state index is 12.2. The molecule has 0 aliphatic heterocycles. The number of ether oxygens (including phenoxy) is 1. The van der Waals surface area contributed by atoms with E-state index in [2.05, 4.69) is 4.99 Å². The number of nitro benzene ring substituents is 1. The number of nitro groups is 1. The van der Waals surface area contributed by atoms with Gasteiger partial charge in [0.05, 0.1) is 16.2 Å². The van der Waals surface area contributed by atoms with Gasteiger partial charge in [0.2, 0.25) is 0 Å². The van der Waals surface area contributed by atoms with Gasteiger partial charge in [0, 0.05) is 12.1 Å². The summed E-state index contributed by atoms with van der Waals surface area (Å²) in [5, 5.41) is 10.8. The van der Waals surface area contributed by atoms with Gasteiger partial charge < -0.3 is 16.2 Å². The topological polar surface area (TPSA) is 134 Å². The average Bonchev–Trinajstić information content (AvgIpc) is 2.50. The number of nitrogens with two attached hydrogens (primary N) is 2. The molecule has 2 rings (SSSR count). The van der Waals surface area contributed by atoms with E-state index in [4.69, 9.17) is 16.2 Å². The van der Waals surface area contributed by atoms with Crippen molar-refractivity contribution in [2.45, 2.75) is 13.8 Å². The minimum Gasteiger partial charge on any atom is -0.422 e. The lowest BCUT2D eigenvalue weighted by Gasteiger charge is -2.10. The van der Waals surface area contributed by atoms with Crippen molar-refractivity contribution in [3.8, 4) is 5.75 Å². The summed E-state index contributed by atoms with van der Waals surface area (Å²) in [6.07, 6.45) is 0. The molecule has 0 saturated heterocycles. The third kappa shape index (κ3) is 3.86. The van der Waals surface area contributed by atoms with Crippen LogP contribution in [0.15, 0.2) is 41.4 Å². The van der Waals surface area contributed by atoms with Gasteiger partial charge in [0.15, 0.2) is 5.96 Å². The number of esters is 1. The molecular formula is C16H16N4O4. The highest BCUT2D eigenvalue weighted by atomic mass is 16.6. The maximum absolute atomic E-state index is 12.2. The van der Waals surface area contributed by atoms with E-state index in [9.17, 15) is 14.9 Å². The molecule has 0 amide bonds. The van der Waals surface area contributed by atoms with Crippen molar-refractivity contribution in [2.24, 2.45) is 16.5 Å². The third-order valence-electron chi connectivity index (χ3n) is 3.21. The summed E-state index contributed by atoms with van der Waals surface area (Å²) in [5.41, 5.74) is 12.3. The Morgan fingerprint density at radius 3 is 2.12 bits per heavy atom. The quantitative estimate of drug-likeness (QED) is 0.221. The molecule has 0 aromatic heterocycles. The lowest BCUT2D eigenvalue weighted by Crippen LogP contribution is -2.21. The zero-order chi connectivity index (χ0) is 17.9. The van der Waals surface area contributed by atoms with Gasteiger partial charge in [-0.05, 0) is 49.2 Å². The highest BCUT2D eigenvalue weighted by Gasteiger charge is 2.16. The number of aliphatic imine (C=N–C) groups is 1. The molecule has 0 unspecified atom stereocenters. The van der Waals surface area contributed by atoms with E-state index in [-0.39, 0.29) is 11.6 Å². The van der Waals surface area contributed by atoms with Crippen LogP contribution in [0, 0.1) is 24.0 Å². The minimum absolute atomic E-state index is 0.0496. The van der Waals surface area contributed by atoms with Crippen molar-refractivity contribution in [2.75, 3.05) is 0 Å². The largest absolute Gasteiger partial charge is 0.422 e. The van der Waals surface area contributed by atoms with Gasteiger partial charge in [0.25, 0.3) is 5.69 Å². The number of benzene rings is 2. The Morgan fingerprint density at radius 2 is 1.67 bits per heavy atom. The van der Waals surface area contributed by atoms with Gasteiger partial charge in [0.1, 0.15) is 5.75 Å². The molecular weight excluding hydrogens is 312 g/mol. The summed E-state index contributed by atoms with van der Waals surface area (Å²) in [4.78, 5) is 26.4. The molecule has 2 aromatic carbocycles. The summed E-state index contributed by atoms with van der Waals surface area (Å²) in [6, 6.07) is 8.92. The van der Waals surface area contributed by atoms with Crippen molar-refractivity contribution in [1.82, 2.24) is 0 Å². The van der Waals surface area contributed by atoms with Crippen LogP contribution in [0.4, 0.5) is 11.4 Å². The minimum atomic E-state index is -0.577. The Kier molecular flexibility index (Phi) is 4.78. The summed E-state index contributed by atoms with van der Waals surface area (Å²) in [7, 11) is 0. The number of hydrogen-bond acceptors (Lipinski definition) is 5. The van der Waals surface area contributed by atoms with Gasteiger partial charge in [-0.25, -0.2) is 9.79 Å². The number of carbonyl (C=O) groups is 1. The summed E-state index contributed by atoms with van der Waals surface area (Å²) < 4.78 is 5.37. The van der Waals surface area contributed by atoms with Crippen LogP contribution in [-0.2, 0) is 0 Å². The molecule has 8 heteroatoms. The smallest absolute Gasteiger partial charge is 0.343 e. The predicted molar refractivity (Wildman–Crippen MR) is 89.4 cm³/mol. The van der Waals surface area contributed by atoms with Crippen LogP contribution < -0.4 is 16.2 Å². The number of carbonyl (C=O) groups excluding carboxylic acids is 1. The molecule has 0 fully saturated rings. The Hall–Kier alpha value is -3.42. The highest BCUT2D eigenvalue weighted by Crippen LogP contribution is 2.29. The second kappa shape index (κ2) is 6.78. The van der Waals surface area contributed by atoms with E-state index in [0.717, 1.165) is 0 Å². The molecule has 0 bridgehead atoms. The second-order valence-electron chi connectivity index (χ2n) is 5.14. The van der Waals surface area contributed by atoms with E-state index >= 15 is 0 Å². The zero-order valence-electron chi connectivity index (χ0n) is 13.1. The van der Waals surface area contributed by atoms with E-state index < -0.39 is 10.9 Å². The van der Waals surface area contributed by atoms with Crippen molar-refractivity contribution in [1.29, 1.82) is 0 Å². The molecule has 0 aliphatic rings. The standard InChI is InChI=1S/C16H16N4O4/c1-9-7-13(20(22)23)8-10(2)14(9)24-15(21)11-3-5-12(6-4-11)19-16(17)18/h3-8H,1-2H3,(H4,17,18,19). The van der Waals surface area contributed by atoms with Gasteiger partial charge in [-0.2, -0.15) is 0 Å². The van der Waals surface area contributed by atoms with Crippen molar-refractivity contribution in [3.63, 3.8) is 0 Å². The monoisotopic (exact) mass is 328 g/mol. The Bertz CT molecular complexity index is 801. The fraction of sp³-hybridized carbons (Fsp3) is 0.125. The fourth-order valence-electron chi connectivity index (χ4n) is 2.17. The Balaban J connectivity index is 2.24. The molecule has 4 N–H and O–H groups in total. The average molecular weight is 328 g/mol. The first-order valence-corrected chi connectivity index (χ1v) is 6.95. The van der Waals surface area contributed by atoms with Crippen LogP contribution in [-0.4, -0.2) is 16.9 Å². The van der Waals surface area contributed by atoms with Crippen LogP contribution in [0.3, 0.4) is 0 Å². The number of non-ortho nitro benzene ring substituents is 1. The molecule has 0 radical (unpaired) electrons. The van der Waals surface area contributed by atoms with Gasteiger partial charge in [-0.15, -0.1) is 0 Å². The molecule has 0 heterocycles. The second-order valence-corrected chi connectivity index (χ2v) is 5.14. The number of hydrogen-bond donors (Lipinski definition) is 2. The summed E-state index contributed by atoms with van der Waals surface area (Å²) in [6.45, 7) is 3.29. The molecule has 0 atom stereocenters. The van der Waals surface area contributed by atoms with Crippen LogP contribution >= 0.6 is 0 Å². The summed E-state index contributed by atoms with van der Waals surface area (Å²) >= 11 is 0. The van der Waals surface area contributed by atoms with Gasteiger partial charge in [-0.1, -0.05) is 0 Å². The molecule has 2 aromatic rings. The maximum Gasteiger partial charge on any atom is 0.343 e. The van der Waals surface area contributed by atoms with E-state index in [1.807, 2.05) is 0 Å². The number of nitrogens with zero attached hydrogens (tertiary/aromatic N) is 2. The molecule has 0 spiro atoms. The van der Waals surface area contributed by atoms with Gasteiger partial charge in [-0.3, -0.25) is 10.1 Å². The summed E-state index contributed by atoms with van der Waals surface area (Å²) in [5.74, 6) is -0.354. The highest BCUT2D eigenvalue weighted by molar-refractivity contribution is 5.92. The van der Waals surface area contributed by atoms with Crippen LogP contribution in [0.2, 0.25) is 0 Å². The Morgan fingerprint density at radius 1 is 1.12 bits per heavy atom. The van der Waals surface area contributed by atoms with Gasteiger partial charge >= 0.3 is 5.97 Å². The normalized spacial score (nSPS) is 10.1. The first-order chi connectivity index (χ1) is 11.3. The van der Waals surface area contributed by atoms with Crippen molar-refractivity contribution in [3.05, 3.63) is 63.2 Å². The Labute approximate surface area is 137 Å². The molecule has 8 nitrogen and oxygen atoms in total. The first kappa shape index (κ1) is 16.9. The number of aryl methyl sites for hydroxylation is 2. The van der Waals surface area contributed by atoms with Crippen LogP contribution in [0.25, 0.3) is 0 Å². The molecule has 124 valence electrons.